The zero-order valence-corrected chi connectivity index (χ0v) is 13.9. The van der Waals surface area contributed by atoms with E-state index in [1.165, 1.54) is 52.1 Å². The summed E-state index contributed by atoms with van der Waals surface area (Å²) >= 11 is 0. The van der Waals surface area contributed by atoms with Crippen LogP contribution in [0.4, 0.5) is 0 Å². The number of hydrogen-bond acceptors (Lipinski definition) is 3. The summed E-state index contributed by atoms with van der Waals surface area (Å²) in [6.07, 6.45) is 12.8. The largest absolute Gasteiger partial charge is 0.467 e. The van der Waals surface area contributed by atoms with E-state index < -0.39 is 0 Å². The van der Waals surface area contributed by atoms with Crippen LogP contribution in [0.3, 0.4) is 0 Å². The minimum absolute atomic E-state index is 0.213. The fourth-order valence-electron chi connectivity index (χ4n) is 2.20. The average molecular weight is 283 g/mol. The Morgan fingerprint density at radius 2 is 1.70 bits per heavy atom. The first kappa shape index (κ1) is 19.1. The molecule has 1 atom stereocenters. The van der Waals surface area contributed by atoms with Crippen molar-refractivity contribution in [3.05, 3.63) is 0 Å². The molecule has 0 heterocycles. The van der Waals surface area contributed by atoms with Crippen LogP contribution in [-0.2, 0) is 9.53 Å². The van der Waals surface area contributed by atoms with Gasteiger partial charge in [0.25, 0.3) is 0 Å². The van der Waals surface area contributed by atoms with E-state index >= 15 is 0 Å². The van der Waals surface area contributed by atoms with Gasteiger partial charge in [0.2, 0.25) is 0 Å². The van der Waals surface area contributed by atoms with E-state index in [2.05, 4.69) is 25.8 Å². The fourth-order valence-corrected chi connectivity index (χ4v) is 2.20. The number of rotatable bonds is 12. The van der Waals surface area contributed by atoms with E-state index in [0.29, 0.717) is 5.92 Å². The number of hydrogen-bond donors (Lipinski definition) is 0. The van der Waals surface area contributed by atoms with E-state index in [-0.39, 0.29) is 12.0 Å². The number of carbonyl (C=O) groups excluding carboxylic acids is 1. The fraction of sp³-hybridized carbons (Fsp3) is 0.882. The lowest BCUT2D eigenvalue weighted by Gasteiger charge is -2.12. The van der Waals surface area contributed by atoms with Gasteiger partial charge in [-0.1, -0.05) is 59.3 Å². The lowest BCUT2D eigenvalue weighted by Crippen LogP contribution is -2.22. The summed E-state index contributed by atoms with van der Waals surface area (Å²) in [5.41, 5.74) is 0. The highest BCUT2D eigenvalue weighted by molar-refractivity contribution is 5.77. The summed E-state index contributed by atoms with van der Waals surface area (Å²) in [6.45, 7) is 6.44. The Morgan fingerprint density at radius 3 is 2.25 bits per heavy atom. The summed E-state index contributed by atoms with van der Waals surface area (Å²) < 4.78 is 4.79. The molecule has 0 aromatic carbocycles. The SMILES string of the molecule is CCCCCCCCCC=N[C@H](CC(C)C)C(=O)OC. The number of methoxy groups -OCH3 is 1. The number of aliphatic imine (C=N–C) groups is 1. The van der Waals surface area contributed by atoms with Gasteiger partial charge in [0.1, 0.15) is 6.04 Å². The van der Waals surface area contributed by atoms with Crippen molar-refractivity contribution in [2.24, 2.45) is 10.9 Å². The Labute approximate surface area is 125 Å². The van der Waals surface area contributed by atoms with Crippen molar-refractivity contribution in [3.8, 4) is 0 Å². The van der Waals surface area contributed by atoms with Crippen LogP contribution in [0.1, 0.15) is 78.6 Å². The molecule has 0 rings (SSSR count). The topological polar surface area (TPSA) is 38.7 Å². The molecule has 0 aliphatic carbocycles. The van der Waals surface area contributed by atoms with Crippen LogP contribution < -0.4 is 0 Å². The highest BCUT2D eigenvalue weighted by atomic mass is 16.5. The van der Waals surface area contributed by atoms with Crippen molar-refractivity contribution < 1.29 is 9.53 Å². The van der Waals surface area contributed by atoms with E-state index in [1.54, 1.807) is 0 Å². The van der Waals surface area contributed by atoms with E-state index in [1.807, 2.05) is 6.21 Å². The zero-order chi connectivity index (χ0) is 15.2. The lowest BCUT2D eigenvalue weighted by atomic mass is 10.0. The molecule has 0 aliphatic heterocycles. The Balaban J connectivity index is 3.75. The van der Waals surface area contributed by atoms with Gasteiger partial charge in [-0.2, -0.15) is 0 Å². The number of nitrogens with zero attached hydrogens (tertiary/aromatic N) is 1. The van der Waals surface area contributed by atoms with Crippen molar-refractivity contribution in [1.29, 1.82) is 0 Å². The second kappa shape index (κ2) is 13.1. The van der Waals surface area contributed by atoms with Gasteiger partial charge in [-0.15, -0.1) is 0 Å². The molecule has 0 saturated carbocycles. The summed E-state index contributed by atoms with van der Waals surface area (Å²) in [7, 11) is 1.43. The summed E-state index contributed by atoms with van der Waals surface area (Å²) in [5, 5.41) is 0. The first-order chi connectivity index (χ1) is 9.61. The molecule has 20 heavy (non-hydrogen) atoms. The van der Waals surface area contributed by atoms with Gasteiger partial charge in [-0.05, 0) is 31.4 Å². The van der Waals surface area contributed by atoms with Crippen LogP contribution in [0.15, 0.2) is 4.99 Å². The molecule has 0 saturated heterocycles. The third kappa shape index (κ3) is 11.0. The molecule has 118 valence electrons. The van der Waals surface area contributed by atoms with Gasteiger partial charge >= 0.3 is 5.97 Å². The Kier molecular flexibility index (Phi) is 12.6. The van der Waals surface area contributed by atoms with Crippen molar-refractivity contribution >= 4 is 12.2 Å². The maximum atomic E-state index is 11.6. The Bertz CT molecular complexity index is 262. The van der Waals surface area contributed by atoms with Crippen LogP contribution >= 0.6 is 0 Å². The van der Waals surface area contributed by atoms with Crippen molar-refractivity contribution in [3.63, 3.8) is 0 Å². The molecular formula is C17H33NO2. The molecule has 0 bridgehead atoms. The van der Waals surface area contributed by atoms with Crippen molar-refractivity contribution in [2.45, 2.75) is 84.6 Å². The maximum Gasteiger partial charge on any atom is 0.330 e. The average Bonchev–Trinajstić information content (AvgIpc) is 2.43. The molecule has 0 spiro atoms. The Hall–Kier alpha value is -0.860. The van der Waals surface area contributed by atoms with Crippen LogP contribution in [0.2, 0.25) is 0 Å². The molecule has 3 nitrogen and oxygen atoms in total. The smallest absolute Gasteiger partial charge is 0.330 e. The maximum absolute atomic E-state index is 11.6. The molecule has 0 amide bonds. The van der Waals surface area contributed by atoms with Crippen molar-refractivity contribution in [1.82, 2.24) is 0 Å². The van der Waals surface area contributed by atoms with Crippen LogP contribution in [0.25, 0.3) is 0 Å². The summed E-state index contributed by atoms with van der Waals surface area (Å²) in [5.74, 6) is 0.240. The molecule has 0 radical (unpaired) electrons. The number of ether oxygens (including phenoxy) is 1. The molecule has 3 heteroatoms. The molecule has 0 unspecified atom stereocenters. The number of carbonyl (C=O) groups is 1. The normalized spacial score (nSPS) is 13.1. The minimum atomic E-state index is -0.315. The van der Waals surface area contributed by atoms with E-state index in [4.69, 9.17) is 4.74 Å². The predicted molar refractivity (Wildman–Crippen MR) is 86.4 cm³/mol. The molecular weight excluding hydrogens is 250 g/mol. The lowest BCUT2D eigenvalue weighted by molar-refractivity contribution is -0.142. The van der Waals surface area contributed by atoms with Crippen LogP contribution in [0, 0.1) is 5.92 Å². The monoisotopic (exact) mass is 283 g/mol. The van der Waals surface area contributed by atoms with Crippen LogP contribution in [-0.4, -0.2) is 25.3 Å². The van der Waals surface area contributed by atoms with Crippen molar-refractivity contribution in [2.75, 3.05) is 7.11 Å². The third-order valence-electron chi connectivity index (χ3n) is 3.39. The van der Waals surface area contributed by atoms with Gasteiger partial charge in [-0.3, -0.25) is 4.99 Å². The number of unbranched alkanes of at least 4 members (excludes halogenated alkanes) is 7. The van der Waals surface area contributed by atoms with E-state index in [9.17, 15) is 4.79 Å². The number of esters is 1. The van der Waals surface area contributed by atoms with Gasteiger partial charge in [0.15, 0.2) is 0 Å². The van der Waals surface area contributed by atoms with Gasteiger partial charge < -0.3 is 4.74 Å². The standard InChI is InChI=1S/C17H33NO2/c1-5-6-7-8-9-10-11-12-13-18-16(14-15(2)3)17(19)20-4/h13,15-16H,5-12,14H2,1-4H3/t16-/m1/s1. The Morgan fingerprint density at radius 1 is 1.10 bits per heavy atom. The predicted octanol–water partition coefficient (Wildman–Crippen LogP) is 4.79. The first-order valence-corrected chi connectivity index (χ1v) is 8.21. The summed E-state index contributed by atoms with van der Waals surface area (Å²) in [4.78, 5) is 16.0. The van der Waals surface area contributed by atoms with E-state index in [0.717, 1.165) is 12.8 Å². The van der Waals surface area contributed by atoms with Gasteiger partial charge in [0.05, 0.1) is 7.11 Å². The third-order valence-corrected chi connectivity index (χ3v) is 3.39. The van der Waals surface area contributed by atoms with Crippen LogP contribution in [0.5, 0.6) is 0 Å². The molecule has 0 fully saturated rings. The first-order valence-electron chi connectivity index (χ1n) is 8.21. The molecule has 0 aromatic heterocycles. The second-order valence-electron chi connectivity index (χ2n) is 5.91. The molecule has 0 N–H and O–H groups in total. The molecule has 0 aromatic rings. The highest BCUT2D eigenvalue weighted by Gasteiger charge is 2.18. The minimum Gasteiger partial charge on any atom is -0.467 e. The van der Waals surface area contributed by atoms with Gasteiger partial charge in [-0.25, -0.2) is 4.79 Å². The molecule has 0 aliphatic rings. The van der Waals surface area contributed by atoms with Gasteiger partial charge in [0, 0.05) is 0 Å². The second-order valence-corrected chi connectivity index (χ2v) is 5.91. The summed E-state index contributed by atoms with van der Waals surface area (Å²) in [6, 6.07) is -0.315. The zero-order valence-electron chi connectivity index (χ0n) is 13.9. The quantitative estimate of drug-likeness (QED) is 0.293. The highest BCUT2D eigenvalue weighted by Crippen LogP contribution is 2.11.